The van der Waals surface area contributed by atoms with Crippen LogP contribution in [-0.4, -0.2) is 54.2 Å². The Morgan fingerprint density at radius 1 is 0.676 bits per heavy atom. The fraction of sp³-hybridized carbons (Fsp3) is 0.182. The number of hydrogen-bond acceptors (Lipinski definition) is 10. The minimum atomic E-state index is -4.68. The maximum atomic E-state index is 12.8. The second-order valence-electron chi connectivity index (χ2n) is 6.41. The van der Waals surface area contributed by atoms with Crippen LogP contribution in [0.2, 0.25) is 0 Å². The highest BCUT2D eigenvalue weighted by Gasteiger charge is 2.45. The minimum absolute atomic E-state index is 0.361. The Balaban J connectivity index is 2.53. The molecular weight excluding hydrogens is 488 g/mol. The lowest BCUT2D eigenvalue weighted by atomic mass is 10.2. The van der Waals surface area contributed by atoms with Crippen molar-refractivity contribution in [2.24, 2.45) is 0 Å². The van der Waals surface area contributed by atoms with Gasteiger partial charge in [-0.05, 0) is 24.3 Å². The van der Waals surface area contributed by atoms with Crippen molar-refractivity contribution in [3.63, 3.8) is 0 Å². The van der Waals surface area contributed by atoms with Crippen LogP contribution in [0.1, 0.15) is 0 Å². The summed E-state index contributed by atoms with van der Waals surface area (Å²) in [5, 5.41) is 0. The molecule has 0 aliphatic heterocycles. The lowest BCUT2D eigenvalue weighted by Crippen LogP contribution is -2.47. The molecule has 0 amide bonds. The molecule has 0 saturated carbocycles. The lowest BCUT2D eigenvalue weighted by molar-refractivity contribution is -0.167. The summed E-state index contributed by atoms with van der Waals surface area (Å²) >= 11 is 0. The molecule has 2 aromatic rings. The molecule has 0 spiro atoms. The van der Waals surface area contributed by atoms with E-state index in [0.717, 1.165) is 0 Å². The highest BCUT2D eigenvalue weighted by atomic mass is 32.2. The Hall–Kier alpha value is -3.32. The van der Waals surface area contributed by atoms with Crippen molar-refractivity contribution >= 4 is 32.2 Å². The number of benzene rings is 2. The fourth-order valence-electron chi connectivity index (χ4n) is 2.43. The summed E-state index contributed by atoms with van der Waals surface area (Å²) in [7, 11) is -9.36. The normalized spacial score (nSPS) is 13.3. The van der Waals surface area contributed by atoms with Gasteiger partial charge in [0.2, 0.25) is 12.2 Å². The van der Waals surface area contributed by atoms with Gasteiger partial charge >= 0.3 is 11.9 Å². The maximum Gasteiger partial charge on any atom is 0.340 e. The molecule has 2 aromatic carbocycles. The van der Waals surface area contributed by atoms with E-state index in [2.05, 4.69) is 13.2 Å². The van der Waals surface area contributed by atoms with Crippen molar-refractivity contribution < 1.29 is 44.3 Å². The number of esters is 2. The fourth-order valence-corrected chi connectivity index (χ4v) is 4.54. The largest absolute Gasteiger partial charge is 0.459 e. The Morgan fingerprint density at radius 3 is 1.29 bits per heavy atom. The van der Waals surface area contributed by atoms with E-state index < -0.39 is 44.4 Å². The second kappa shape index (κ2) is 12.2. The van der Waals surface area contributed by atoms with Crippen LogP contribution in [0.3, 0.4) is 0 Å². The van der Waals surface area contributed by atoms with E-state index in [-0.39, 0.29) is 23.0 Å². The van der Waals surface area contributed by atoms with Crippen LogP contribution in [0, 0.1) is 0 Å². The van der Waals surface area contributed by atoms with E-state index in [4.69, 9.17) is 17.8 Å². The number of ether oxygens (including phenoxy) is 2. The number of rotatable bonds is 13. The summed E-state index contributed by atoms with van der Waals surface area (Å²) < 4.78 is 70.7. The molecule has 182 valence electrons. The standard InChI is InChI=1S/C22H22O10S2/c1-3-15-29-21(23)19(31-33(25,26)17-11-7-5-8-12-17)20(22(24)30-16-4-2)32-34(27,28)18-13-9-6-10-14-18/h3-14,19-20H,1-2,15-16H2. The first-order valence-corrected chi connectivity index (χ1v) is 12.5. The number of carbonyl (C=O) groups excluding carboxylic acids is 2. The summed E-state index contributed by atoms with van der Waals surface area (Å²) in [6, 6.07) is 13.4. The summed E-state index contributed by atoms with van der Waals surface area (Å²) in [6.45, 7) is 5.97. The van der Waals surface area contributed by atoms with Crippen LogP contribution in [0.25, 0.3) is 0 Å². The van der Waals surface area contributed by atoms with E-state index in [0.29, 0.717) is 0 Å². The van der Waals surface area contributed by atoms with Crippen LogP contribution in [-0.2, 0) is 47.7 Å². The predicted octanol–water partition coefficient (Wildman–Crippen LogP) is 1.99. The first-order chi connectivity index (χ1) is 16.1. The van der Waals surface area contributed by atoms with E-state index in [1.165, 1.54) is 60.7 Å². The van der Waals surface area contributed by atoms with E-state index in [9.17, 15) is 26.4 Å². The zero-order valence-corrected chi connectivity index (χ0v) is 19.4. The molecule has 10 nitrogen and oxygen atoms in total. The van der Waals surface area contributed by atoms with Crippen LogP contribution < -0.4 is 0 Å². The summed E-state index contributed by atoms with van der Waals surface area (Å²) in [6.07, 6.45) is -2.40. The monoisotopic (exact) mass is 510 g/mol. The minimum Gasteiger partial charge on any atom is -0.459 e. The predicted molar refractivity (Wildman–Crippen MR) is 119 cm³/mol. The van der Waals surface area contributed by atoms with Crippen molar-refractivity contribution in [1.82, 2.24) is 0 Å². The molecule has 0 heterocycles. The van der Waals surface area contributed by atoms with E-state index in [1.54, 1.807) is 12.1 Å². The van der Waals surface area contributed by atoms with Gasteiger partial charge in [0.1, 0.15) is 13.2 Å². The molecule has 34 heavy (non-hydrogen) atoms. The SMILES string of the molecule is C=CCOC(=O)C(OS(=O)(=O)c1ccccc1)C(OS(=O)(=O)c1ccccc1)C(=O)OCC=C. The molecule has 0 fully saturated rings. The molecule has 0 N–H and O–H groups in total. The summed E-state index contributed by atoms with van der Waals surface area (Å²) in [5.41, 5.74) is 0. The summed E-state index contributed by atoms with van der Waals surface area (Å²) in [4.78, 5) is 24.7. The van der Waals surface area contributed by atoms with Crippen molar-refractivity contribution in [2.75, 3.05) is 13.2 Å². The Kier molecular flexibility index (Phi) is 9.69. The van der Waals surface area contributed by atoms with Gasteiger partial charge < -0.3 is 9.47 Å². The van der Waals surface area contributed by atoms with E-state index in [1.807, 2.05) is 0 Å². The molecular formula is C22H22O10S2. The number of hydrogen-bond donors (Lipinski definition) is 0. The van der Waals surface area contributed by atoms with Gasteiger partial charge in [0.05, 0.1) is 9.79 Å². The molecule has 0 aliphatic carbocycles. The Morgan fingerprint density at radius 2 is 1.00 bits per heavy atom. The van der Waals surface area contributed by atoms with Gasteiger partial charge in [-0.1, -0.05) is 61.7 Å². The van der Waals surface area contributed by atoms with Crippen molar-refractivity contribution in [2.45, 2.75) is 22.0 Å². The van der Waals surface area contributed by atoms with Crippen molar-refractivity contribution in [3.05, 3.63) is 86.0 Å². The average molecular weight is 511 g/mol. The van der Waals surface area contributed by atoms with Gasteiger partial charge in [-0.3, -0.25) is 0 Å². The summed E-state index contributed by atoms with van der Waals surface area (Å²) in [5.74, 6) is -2.80. The van der Waals surface area contributed by atoms with Gasteiger partial charge in [0, 0.05) is 0 Å². The zero-order chi connectivity index (χ0) is 25.2. The quantitative estimate of drug-likeness (QED) is 0.223. The smallest absolute Gasteiger partial charge is 0.340 e. The van der Waals surface area contributed by atoms with Gasteiger partial charge in [-0.15, -0.1) is 0 Å². The maximum absolute atomic E-state index is 12.8. The zero-order valence-electron chi connectivity index (χ0n) is 17.8. The molecule has 2 unspecified atom stereocenters. The molecule has 0 aliphatic rings. The second-order valence-corrected chi connectivity index (χ2v) is 9.55. The molecule has 0 radical (unpaired) electrons. The topological polar surface area (TPSA) is 139 Å². The van der Waals surface area contributed by atoms with Gasteiger partial charge in [-0.2, -0.15) is 16.8 Å². The highest BCUT2D eigenvalue weighted by molar-refractivity contribution is 7.87. The first kappa shape index (κ1) is 26.9. The molecule has 0 bridgehead atoms. The van der Waals surface area contributed by atoms with Gasteiger partial charge in [-0.25, -0.2) is 18.0 Å². The van der Waals surface area contributed by atoms with Crippen molar-refractivity contribution in [3.8, 4) is 0 Å². The lowest BCUT2D eigenvalue weighted by Gasteiger charge is -2.23. The van der Waals surface area contributed by atoms with Crippen LogP contribution in [0.4, 0.5) is 0 Å². The third kappa shape index (κ3) is 7.35. The van der Waals surface area contributed by atoms with Crippen LogP contribution in [0.5, 0.6) is 0 Å². The molecule has 0 aromatic heterocycles. The van der Waals surface area contributed by atoms with Gasteiger partial charge in [0.15, 0.2) is 0 Å². The molecule has 0 saturated heterocycles. The Labute approximate surface area is 197 Å². The number of carbonyl (C=O) groups is 2. The van der Waals surface area contributed by atoms with Crippen LogP contribution in [0.15, 0.2) is 95.8 Å². The van der Waals surface area contributed by atoms with Crippen LogP contribution >= 0.6 is 0 Å². The molecule has 2 rings (SSSR count). The highest BCUT2D eigenvalue weighted by Crippen LogP contribution is 2.22. The average Bonchev–Trinajstić information content (AvgIpc) is 2.84. The molecule has 2 atom stereocenters. The third-order valence-electron chi connectivity index (χ3n) is 3.95. The molecule has 12 heteroatoms. The van der Waals surface area contributed by atoms with Gasteiger partial charge in [0.25, 0.3) is 20.2 Å². The first-order valence-electron chi connectivity index (χ1n) is 9.64. The third-order valence-corrected chi connectivity index (χ3v) is 6.57. The van der Waals surface area contributed by atoms with E-state index >= 15 is 0 Å². The van der Waals surface area contributed by atoms with Crippen molar-refractivity contribution in [1.29, 1.82) is 0 Å². The Bertz CT molecular complexity index is 1110.